The van der Waals surface area contributed by atoms with Crippen molar-refractivity contribution in [3.8, 4) is 0 Å². The molecule has 0 saturated carbocycles. The van der Waals surface area contributed by atoms with Crippen LogP contribution in [0.1, 0.15) is 13.8 Å². The summed E-state index contributed by atoms with van der Waals surface area (Å²) in [5.41, 5.74) is 0. The van der Waals surface area contributed by atoms with Crippen molar-refractivity contribution in [1.82, 2.24) is 21.3 Å². The van der Waals surface area contributed by atoms with E-state index in [2.05, 4.69) is 35.1 Å². The summed E-state index contributed by atoms with van der Waals surface area (Å²) >= 11 is 0. The average molecular weight is 298 g/mol. The van der Waals surface area contributed by atoms with E-state index in [1.165, 1.54) is 0 Å². The van der Waals surface area contributed by atoms with Crippen molar-refractivity contribution in [2.75, 3.05) is 39.3 Å². The summed E-state index contributed by atoms with van der Waals surface area (Å²) in [7, 11) is -4.67. The van der Waals surface area contributed by atoms with Crippen molar-refractivity contribution >= 4 is 10.4 Å². The molecule has 0 aromatic heterocycles. The fourth-order valence-electron chi connectivity index (χ4n) is 1.60. The monoisotopic (exact) mass is 298 g/mol. The van der Waals surface area contributed by atoms with Crippen LogP contribution in [0.2, 0.25) is 0 Å². The predicted octanol–water partition coefficient (Wildman–Crippen LogP) is -1.52. The molecule has 116 valence electrons. The Morgan fingerprint density at radius 2 is 1.21 bits per heavy atom. The third-order valence-corrected chi connectivity index (χ3v) is 2.49. The van der Waals surface area contributed by atoms with E-state index in [-0.39, 0.29) is 0 Å². The van der Waals surface area contributed by atoms with E-state index < -0.39 is 10.4 Å². The molecular formula is C10H26N4O4S. The quantitative estimate of drug-likeness (QED) is 0.298. The second-order valence-corrected chi connectivity index (χ2v) is 5.46. The van der Waals surface area contributed by atoms with Gasteiger partial charge in [0.05, 0.1) is 0 Å². The van der Waals surface area contributed by atoms with Crippen LogP contribution in [0, 0.1) is 0 Å². The maximum absolute atomic E-state index is 8.74. The Balaban J connectivity index is 0.000000555. The van der Waals surface area contributed by atoms with Gasteiger partial charge in [-0.2, -0.15) is 8.42 Å². The van der Waals surface area contributed by atoms with Crippen LogP contribution in [0.15, 0.2) is 0 Å². The first kappa shape index (κ1) is 18.7. The van der Waals surface area contributed by atoms with Gasteiger partial charge in [-0.05, 0) is 13.8 Å². The zero-order chi connectivity index (χ0) is 14.7. The zero-order valence-corrected chi connectivity index (χ0v) is 12.3. The van der Waals surface area contributed by atoms with Crippen molar-refractivity contribution in [3.63, 3.8) is 0 Å². The molecule has 2 atom stereocenters. The third kappa shape index (κ3) is 17.7. The molecule has 0 aliphatic carbocycles. The molecule has 1 saturated heterocycles. The van der Waals surface area contributed by atoms with Crippen LogP contribution >= 0.6 is 0 Å². The van der Waals surface area contributed by atoms with E-state index in [9.17, 15) is 0 Å². The molecule has 6 N–H and O–H groups in total. The Morgan fingerprint density at radius 1 is 0.842 bits per heavy atom. The lowest BCUT2D eigenvalue weighted by Crippen LogP contribution is -2.46. The summed E-state index contributed by atoms with van der Waals surface area (Å²) in [5.74, 6) is 0. The lowest BCUT2D eigenvalue weighted by Gasteiger charge is -2.20. The van der Waals surface area contributed by atoms with Gasteiger partial charge < -0.3 is 21.3 Å². The smallest absolute Gasteiger partial charge is 0.314 e. The molecule has 0 amide bonds. The first-order chi connectivity index (χ1) is 8.79. The van der Waals surface area contributed by atoms with Gasteiger partial charge in [0.25, 0.3) is 0 Å². The maximum atomic E-state index is 8.74. The normalized spacial score (nSPS) is 27.4. The summed E-state index contributed by atoms with van der Waals surface area (Å²) in [5, 5.41) is 13.8. The predicted molar refractivity (Wildman–Crippen MR) is 74.8 cm³/mol. The molecule has 0 spiro atoms. The fraction of sp³-hybridized carbons (Fsp3) is 1.00. The Kier molecular flexibility index (Phi) is 10.3. The van der Waals surface area contributed by atoms with E-state index in [1.54, 1.807) is 0 Å². The Morgan fingerprint density at radius 3 is 1.58 bits per heavy atom. The van der Waals surface area contributed by atoms with Crippen molar-refractivity contribution < 1.29 is 17.5 Å². The molecule has 1 heterocycles. The zero-order valence-electron chi connectivity index (χ0n) is 11.5. The molecule has 8 nitrogen and oxygen atoms in total. The van der Waals surface area contributed by atoms with Gasteiger partial charge in [0.1, 0.15) is 0 Å². The minimum absolute atomic E-state index is 0.559. The molecule has 0 aromatic rings. The standard InChI is InChI=1S/C10H24N4.H2O4S/c1-9-7-12-8-10(2)14-6-4-11-3-5-13-9;1-5(2,3)4/h9-14H,3-8H2,1-2H3;(H2,1,2,3,4). The molecule has 2 unspecified atom stereocenters. The highest BCUT2D eigenvalue weighted by Gasteiger charge is 2.04. The van der Waals surface area contributed by atoms with E-state index in [0.717, 1.165) is 39.3 Å². The fourth-order valence-corrected chi connectivity index (χ4v) is 1.60. The van der Waals surface area contributed by atoms with Crippen LogP contribution in [-0.4, -0.2) is 68.9 Å². The van der Waals surface area contributed by atoms with Gasteiger partial charge in [-0.25, -0.2) is 0 Å². The van der Waals surface area contributed by atoms with Crippen LogP contribution in [0.25, 0.3) is 0 Å². The van der Waals surface area contributed by atoms with E-state index >= 15 is 0 Å². The van der Waals surface area contributed by atoms with Gasteiger partial charge in [-0.1, -0.05) is 0 Å². The summed E-state index contributed by atoms with van der Waals surface area (Å²) in [6.45, 7) is 10.8. The molecule has 9 heteroatoms. The van der Waals surface area contributed by atoms with Crippen molar-refractivity contribution in [1.29, 1.82) is 0 Å². The topological polar surface area (TPSA) is 123 Å². The van der Waals surface area contributed by atoms with Crippen LogP contribution < -0.4 is 21.3 Å². The maximum Gasteiger partial charge on any atom is 0.394 e. The molecule has 0 bridgehead atoms. The van der Waals surface area contributed by atoms with Crippen LogP contribution in [0.4, 0.5) is 0 Å². The second kappa shape index (κ2) is 10.5. The van der Waals surface area contributed by atoms with Crippen LogP contribution in [0.5, 0.6) is 0 Å². The SMILES string of the molecule is CC1CNCC(C)NCCNCCN1.O=S(=O)(O)O. The Labute approximate surface area is 115 Å². The molecule has 1 aliphatic heterocycles. The third-order valence-electron chi connectivity index (χ3n) is 2.49. The van der Waals surface area contributed by atoms with Crippen molar-refractivity contribution in [2.45, 2.75) is 25.9 Å². The van der Waals surface area contributed by atoms with Gasteiger partial charge in [0, 0.05) is 51.4 Å². The van der Waals surface area contributed by atoms with E-state index in [1.807, 2.05) is 0 Å². The summed E-state index contributed by atoms with van der Waals surface area (Å²) in [6.07, 6.45) is 0. The molecule has 19 heavy (non-hydrogen) atoms. The van der Waals surface area contributed by atoms with Crippen LogP contribution in [0.3, 0.4) is 0 Å². The largest absolute Gasteiger partial charge is 0.394 e. The molecule has 0 radical (unpaired) electrons. The van der Waals surface area contributed by atoms with E-state index in [4.69, 9.17) is 17.5 Å². The second-order valence-electron chi connectivity index (χ2n) is 4.57. The number of rotatable bonds is 0. The van der Waals surface area contributed by atoms with Crippen LogP contribution in [-0.2, 0) is 10.4 Å². The van der Waals surface area contributed by atoms with Gasteiger partial charge in [0.15, 0.2) is 0 Å². The minimum Gasteiger partial charge on any atom is -0.314 e. The van der Waals surface area contributed by atoms with Crippen molar-refractivity contribution in [2.24, 2.45) is 0 Å². The molecule has 1 rings (SSSR count). The average Bonchev–Trinajstić information content (AvgIpc) is 2.23. The summed E-state index contributed by atoms with van der Waals surface area (Å²) in [4.78, 5) is 0. The van der Waals surface area contributed by atoms with Gasteiger partial charge >= 0.3 is 10.4 Å². The summed E-state index contributed by atoms with van der Waals surface area (Å²) in [6, 6.07) is 1.12. The number of nitrogens with one attached hydrogen (secondary N) is 4. The van der Waals surface area contributed by atoms with Gasteiger partial charge in [0.2, 0.25) is 0 Å². The Hall–Kier alpha value is -0.290. The van der Waals surface area contributed by atoms with Gasteiger partial charge in [-0.3, -0.25) is 9.11 Å². The Bertz CT molecular complexity index is 291. The highest BCUT2D eigenvalue weighted by molar-refractivity contribution is 7.79. The number of hydrogen-bond acceptors (Lipinski definition) is 6. The van der Waals surface area contributed by atoms with E-state index in [0.29, 0.717) is 12.1 Å². The molecule has 0 aromatic carbocycles. The summed E-state index contributed by atoms with van der Waals surface area (Å²) < 4.78 is 31.6. The first-order valence-electron chi connectivity index (χ1n) is 6.37. The molecular weight excluding hydrogens is 272 g/mol. The first-order valence-corrected chi connectivity index (χ1v) is 7.77. The lowest BCUT2D eigenvalue weighted by molar-refractivity contribution is 0.381. The number of hydrogen-bond donors (Lipinski definition) is 6. The minimum atomic E-state index is -4.67. The van der Waals surface area contributed by atoms with Crippen molar-refractivity contribution in [3.05, 3.63) is 0 Å². The highest BCUT2D eigenvalue weighted by atomic mass is 32.3. The lowest BCUT2D eigenvalue weighted by atomic mass is 10.3. The highest BCUT2D eigenvalue weighted by Crippen LogP contribution is 1.82. The van der Waals surface area contributed by atoms with Gasteiger partial charge in [-0.15, -0.1) is 0 Å². The molecule has 1 fully saturated rings. The molecule has 1 aliphatic rings.